The Kier molecular flexibility index (Phi) is 6.57. The second-order valence-corrected chi connectivity index (χ2v) is 7.45. The average Bonchev–Trinajstić information content (AvgIpc) is 2.80. The molecule has 0 bridgehead atoms. The van der Waals surface area contributed by atoms with Crippen LogP contribution in [0.15, 0.2) is 66.9 Å². The Morgan fingerprint density at radius 3 is 2.35 bits per heavy atom. The SMILES string of the molecule is CCOc1ccc(-c2cnc3cccc(-c4ccc(NSC)cc4)c3n2)cc1OCC. The Balaban J connectivity index is 1.77. The lowest BCUT2D eigenvalue weighted by Crippen LogP contribution is -1.99. The molecule has 4 rings (SSSR count). The van der Waals surface area contributed by atoms with Crippen LogP contribution in [0.3, 0.4) is 0 Å². The van der Waals surface area contributed by atoms with Gasteiger partial charge in [0, 0.05) is 23.1 Å². The molecular formula is C25H25N3O2S. The molecule has 5 nitrogen and oxygen atoms in total. The molecule has 1 aromatic heterocycles. The molecule has 158 valence electrons. The van der Waals surface area contributed by atoms with E-state index in [4.69, 9.17) is 14.5 Å². The molecule has 31 heavy (non-hydrogen) atoms. The summed E-state index contributed by atoms with van der Waals surface area (Å²) in [7, 11) is 0. The third-order valence-corrected chi connectivity index (χ3v) is 5.27. The van der Waals surface area contributed by atoms with Crippen molar-refractivity contribution in [2.24, 2.45) is 0 Å². The van der Waals surface area contributed by atoms with Gasteiger partial charge in [-0.25, -0.2) is 4.98 Å². The van der Waals surface area contributed by atoms with Crippen molar-refractivity contribution in [3.8, 4) is 33.9 Å². The van der Waals surface area contributed by atoms with Crippen molar-refractivity contribution < 1.29 is 9.47 Å². The smallest absolute Gasteiger partial charge is 0.161 e. The van der Waals surface area contributed by atoms with Gasteiger partial charge in [-0.2, -0.15) is 0 Å². The van der Waals surface area contributed by atoms with E-state index in [1.54, 1.807) is 11.9 Å². The molecule has 0 unspecified atom stereocenters. The predicted molar refractivity (Wildman–Crippen MR) is 130 cm³/mol. The summed E-state index contributed by atoms with van der Waals surface area (Å²) in [6, 6.07) is 20.3. The van der Waals surface area contributed by atoms with E-state index < -0.39 is 0 Å². The molecule has 1 heterocycles. The standard InChI is InChI=1S/C25H25N3O2S/c1-4-29-23-14-11-18(15-24(23)30-5-2)22-16-26-21-8-6-7-20(25(21)27-22)17-9-12-19(13-10-17)28-31-3/h6-16,28H,4-5H2,1-3H3. The molecule has 0 saturated carbocycles. The van der Waals surface area contributed by atoms with Crippen LogP contribution in [-0.2, 0) is 0 Å². The zero-order valence-electron chi connectivity index (χ0n) is 17.9. The Morgan fingerprint density at radius 1 is 0.871 bits per heavy atom. The highest BCUT2D eigenvalue weighted by Crippen LogP contribution is 2.34. The number of fused-ring (bicyclic) bond motifs is 1. The van der Waals surface area contributed by atoms with Crippen molar-refractivity contribution in [2.75, 3.05) is 24.2 Å². The second-order valence-electron chi connectivity index (χ2n) is 6.84. The maximum atomic E-state index is 5.78. The number of para-hydroxylation sites is 1. The zero-order chi connectivity index (χ0) is 21.6. The Labute approximate surface area is 187 Å². The van der Waals surface area contributed by atoms with Crippen molar-refractivity contribution in [1.82, 2.24) is 9.97 Å². The number of aromatic nitrogens is 2. The summed E-state index contributed by atoms with van der Waals surface area (Å²) in [5.74, 6) is 1.45. The minimum absolute atomic E-state index is 0.568. The third-order valence-electron chi connectivity index (χ3n) is 4.83. The van der Waals surface area contributed by atoms with E-state index in [1.807, 2.05) is 56.6 Å². The number of hydrogen-bond acceptors (Lipinski definition) is 6. The summed E-state index contributed by atoms with van der Waals surface area (Å²) in [6.07, 6.45) is 3.82. The number of anilines is 1. The van der Waals surface area contributed by atoms with E-state index in [0.717, 1.165) is 44.9 Å². The molecule has 4 aromatic rings. The normalized spacial score (nSPS) is 10.8. The lowest BCUT2D eigenvalue weighted by molar-refractivity contribution is 0.288. The molecule has 0 aliphatic rings. The number of nitrogens with zero attached hydrogens (tertiary/aromatic N) is 2. The fourth-order valence-electron chi connectivity index (χ4n) is 3.45. The highest BCUT2D eigenvalue weighted by atomic mass is 32.2. The van der Waals surface area contributed by atoms with Crippen molar-refractivity contribution in [1.29, 1.82) is 0 Å². The van der Waals surface area contributed by atoms with Crippen molar-refractivity contribution in [3.05, 3.63) is 66.9 Å². The molecule has 0 aliphatic heterocycles. The minimum Gasteiger partial charge on any atom is -0.490 e. The maximum Gasteiger partial charge on any atom is 0.161 e. The van der Waals surface area contributed by atoms with Crippen LogP contribution in [0, 0.1) is 0 Å². The van der Waals surface area contributed by atoms with Gasteiger partial charge >= 0.3 is 0 Å². The largest absolute Gasteiger partial charge is 0.490 e. The third kappa shape index (κ3) is 4.59. The van der Waals surface area contributed by atoms with E-state index in [9.17, 15) is 0 Å². The Bertz CT molecular complexity index is 1180. The van der Waals surface area contributed by atoms with Crippen molar-refractivity contribution in [2.45, 2.75) is 13.8 Å². The van der Waals surface area contributed by atoms with Gasteiger partial charge in [-0.15, -0.1) is 0 Å². The average molecular weight is 432 g/mol. The first-order valence-corrected chi connectivity index (χ1v) is 11.5. The summed E-state index contributed by atoms with van der Waals surface area (Å²) >= 11 is 1.58. The van der Waals surface area contributed by atoms with E-state index in [2.05, 4.69) is 40.0 Å². The molecule has 3 aromatic carbocycles. The van der Waals surface area contributed by atoms with Crippen molar-refractivity contribution >= 4 is 28.7 Å². The van der Waals surface area contributed by atoms with Gasteiger partial charge in [0.25, 0.3) is 0 Å². The summed E-state index contributed by atoms with van der Waals surface area (Å²) in [6.45, 7) is 5.08. The zero-order valence-corrected chi connectivity index (χ0v) is 18.7. The maximum absolute atomic E-state index is 5.78. The van der Waals surface area contributed by atoms with Gasteiger partial charge in [0.15, 0.2) is 11.5 Å². The molecule has 0 atom stereocenters. The van der Waals surface area contributed by atoms with Crippen LogP contribution in [-0.4, -0.2) is 29.4 Å². The monoisotopic (exact) mass is 431 g/mol. The van der Waals surface area contributed by atoms with Gasteiger partial charge in [-0.05, 0) is 55.8 Å². The Morgan fingerprint density at radius 2 is 1.61 bits per heavy atom. The summed E-state index contributed by atoms with van der Waals surface area (Å²) in [5.41, 5.74) is 6.70. The molecule has 0 aliphatic carbocycles. The van der Waals surface area contributed by atoms with E-state index in [0.29, 0.717) is 19.0 Å². The van der Waals surface area contributed by atoms with Crippen LogP contribution in [0.25, 0.3) is 33.4 Å². The quantitative estimate of drug-likeness (QED) is 0.324. The van der Waals surface area contributed by atoms with Gasteiger partial charge in [-0.1, -0.05) is 36.2 Å². The first-order chi connectivity index (χ1) is 15.2. The highest BCUT2D eigenvalue weighted by Gasteiger charge is 2.12. The van der Waals surface area contributed by atoms with Crippen LogP contribution < -0.4 is 14.2 Å². The van der Waals surface area contributed by atoms with Crippen LogP contribution in [0.4, 0.5) is 5.69 Å². The topological polar surface area (TPSA) is 56.3 Å². The lowest BCUT2D eigenvalue weighted by atomic mass is 10.0. The van der Waals surface area contributed by atoms with E-state index >= 15 is 0 Å². The molecule has 0 fully saturated rings. The van der Waals surface area contributed by atoms with Gasteiger partial charge in [0.05, 0.1) is 36.1 Å². The number of benzene rings is 3. The Hall–Kier alpha value is -3.25. The predicted octanol–water partition coefficient (Wildman–Crippen LogP) is 6.45. The minimum atomic E-state index is 0.568. The lowest BCUT2D eigenvalue weighted by Gasteiger charge is -2.13. The van der Waals surface area contributed by atoms with Crippen LogP contribution in [0.2, 0.25) is 0 Å². The van der Waals surface area contributed by atoms with Gasteiger partial charge in [0.1, 0.15) is 0 Å². The van der Waals surface area contributed by atoms with Crippen LogP contribution in [0.1, 0.15) is 13.8 Å². The molecular weight excluding hydrogens is 406 g/mol. The summed E-state index contributed by atoms with van der Waals surface area (Å²) < 4.78 is 14.7. The number of ether oxygens (including phenoxy) is 2. The van der Waals surface area contributed by atoms with Gasteiger partial charge < -0.3 is 14.2 Å². The number of hydrogen-bond donors (Lipinski definition) is 1. The summed E-state index contributed by atoms with van der Waals surface area (Å²) in [5, 5.41) is 0. The summed E-state index contributed by atoms with van der Waals surface area (Å²) in [4.78, 5) is 9.65. The van der Waals surface area contributed by atoms with Gasteiger partial charge in [-0.3, -0.25) is 4.98 Å². The van der Waals surface area contributed by atoms with Gasteiger partial charge in [0.2, 0.25) is 0 Å². The molecule has 0 amide bonds. The molecule has 0 spiro atoms. The molecule has 6 heteroatoms. The second kappa shape index (κ2) is 9.71. The van der Waals surface area contributed by atoms with E-state index in [-0.39, 0.29) is 0 Å². The highest BCUT2D eigenvalue weighted by molar-refractivity contribution is 7.99. The van der Waals surface area contributed by atoms with E-state index in [1.165, 1.54) is 0 Å². The van der Waals surface area contributed by atoms with Crippen LogP contribution in [0.5, 0.6) is 11.5 Å². The number of nitrogens with one attached hydrogen (secondary N) is 1. The first kappa shape index (κ1) is 21.0. The molecule has 1 N–H and O–H groups in total. The molecule has 0 saturated heterocycles. The fraction of sp³-hybridized carbons (Fsp3) is 0.200. The fourth-order valence-corrected chi connectivity index (χ4v) is 3.82. The first-order valence-electron chi connectivity index (χ1n) is 10.3. The molecule has 0 radical (unpaired) electrons. The van der Waals surface area contributed by atoms with Crippen LogP contribution >= 0.6 is 11.9 Å². The van der Waals surface area contributed by atoms with Crippen molar-refractivity contribution in [3.63, 3.8) is 0 Å². The number of rotatable bonds is 8.